The molecule has 144 valence electrons. The summed E-state index contributed by atoms with van der Waals surface area (Å²) in [5.74, 6) is -0.0969. The van der Waals surface area contributed by atoms with E-state index >= 15 is 0 Å². The van der Waals surface area contributed by atoms with Gasteiger partial charge in [0.05, 0.1) is 17.0 Å². The molecule has 1 aliphatic heterocycles. The van der Waals surface area contributed by atoms with Gasteiger partial charge in [-0.05, 0) is 48.7 Å². The second-order valence-electron chi connectivity index (χ2n) is 7.08. The third-order valence-corrected chi connectivity index (χ3v) is 6.06. The summed E-state index contributed by atoms with van der Waals surface area (Å²) < 4.78 is 6.86. The highest BCUT2D eigenvalue weighted by Crippen LogP contribution is 2.39. The number of aryl methyl sites for hydroxylation is 1. The number of hydrogen-bond acceptors (Lipinski definition) is 3. The summed E-state index contributed by atoms with van der Waals surface area (Å²) in [7, 11) is 0. The summed E-state index contributed by atoms with van der Waals surface area (Å²) in [5.41, 5.74) is 2.27. The molecule has 0 N–H and O–H groups in total. The average molecular weight is 461 g/mol. The minimum absolute atomic E-state index is 0.139. The Balaban J connectivity index is 2.00. The summed E-state index contributed by atoms with van der Waals surface area (Å²) in [6, 6.07) is 10.6. The van der Waals surface area contributed by atoms with Gasteiger partial charge in [0.1, 0.15) is 5.58 Å². The Morgan fingerprint density at radius 3 is 2.71 bits per heavy atom. The van der Waals surface area contributed by atoms with Gasteiger partial charge in [-0.1, -0.05) is 53.0 Å². The zero-order chi connectivity index (χ0) is 20.0. The fourth-order valence-corrected chi connectivity index (χ4v) is 4.30. The van der Waals surface area contributed by atoms with Crippen LogP contribution in [0.2, 0.25) is 5.02 Å². The lowest BCUT2D eigenvalue weighted by molar-refractivity contribution is 0.0725. The van der Waals surface area contributed by atoms with Crippen molar-refractivity contribution in [2.45, 2.75) is 32.7 Å². The summed E-state index contributed by atoms with van der Waals surface area (Å²) in [6.07, 6.45) is 1.80. The molecule has 1 aliphatic rings. The van der Waals surface area contributed by atoms with Crippen LogP contribution in [0.4, 0.5) is 0 Å². The van der Waals surface area contributed by atoms with Crippen LogP contribution in [0.3, 0.4) is 0 Å². The zero-order valence-electron chi connectivity index (χ0n) is 15.6. The number of carbonyl (C=O) groups excluding carboxylic acids is 1. The van der Waals surface area contributed by atoms with Crippen LogP contribution >= 0.6 is 27.5 Å². The van der Waals surface area contributed by atoms with E-state index in [1.54, 1.807) is 17.0 Å². The molecule has 0 aliphatic carbocycles. The number of amides is 1. The van der Waals surface area contributed by atoms with Gasteiger partial charge >= 0.3 is 0 Å². The van der Waals surface area contributed by atoms with Crippen molar-refractivity contribution < 1.29 is 9.21 Å². The number of fused-ring (bicyclic) bond motifs is 2. The van der Waals surface area contributed by atoms with Gasteiger partial charge in [-0.25, -0.2) is 0 Å². The van der Waals surface area contributed by atoms with Gasteiger partial charge in [-0.15, -0.1) is 0 Å². The normalized spacial score (nSPS) is 16.1. The molecule has 4 nitrogen and oxygen atoms in total. The number of halogens is 2. The average Bonchev–Trinajstić information content (AvgIpc) is 2.94. The van der Waals surface area contributed by atoms with Gasteiger partial charge < -0.3 is 9.32 Å². The van der Waals surface area contributed by atoms with E-state index in [1.807, 2.05) is 31.2 Å². The Bertz CT molecular complexity index is 1150. The second-order valence-corrected chi connectivity index (χ2v) is 8.40. The highest BCUT2D eigenvalue weighted by molar-refractivity contribution is 9.10. The number of unbranched alkanes of at least 4 members (excludes halogenated alkanes) is 1. The van der Waals surface area contributed by atoms with Gasteiger partial charge in [-0.2, -0.15) is 0 Å². The molecule has 0 saturated carbocycles. The Morgan fingerprint density at radius 2 is 2.00 bits per heavy atom. The van der Waals surface area contributed by atoms with Crippen molar-refractivity contribution >= 4 is 44.4 Å². The highest BCUT2D eigenvalue weighted by atomic mass is 79.9. The van der Waals surface area contributed by atoms with Crippen molar-refractivity contribution in [1.29, 1.82) is 0 Å². The number of carbonyl (C=O) groups is 1. The van der Waals surface area contributed by atoms with Crippen LogP contribution < -0.4 is 5.43 Å². The lowest BCUT2D eigenvalue weighted by Crippen LogP contribution is -2.30. The van der Waals surface area contributed by atoms with Gasteiger partial charge in [0.25, 0.3) is 5.91 Å². The fraction of sp³-hybridized carbons (Fsp3) is 0.273. The van der Waals surface area contributed by atoms with Crippen molar-refractivity contribution in [1.82, 2.24) is 4.90 Å². The molecule has 6 heteroatoms. The molecule has 1 amide bonds. The van der Waals surface area contributed by atoms with Gasteiger partial charge in [0.2, 0.25) is 5.76 Å². The molecular weight excluding hydrogens is 442 g/mol. The molecule has 0 bridgehead atoms. The molecule has 0 saturated heterocycles. The van der Waals surface area contributed by atoms with Crippen LogP contribution in [0.5, 0.6) is 0 Å². The molecule has 0 fully saturated rings. The molecule has 0 spiro atoms. The smallest absolute Gasteiger partial charge is 0.290 e. The molecule has 28 heavy (non-hydrogen) atoms. The van der Waals surface area contributed by atoms with E-state index in [-0.39, 0.29) is 17.1 Å². The molecule has 3 aromatic rings. The lowest BCUT2D eigenvalue weighted by Gasteiger charge is -2.25. The first kappa shape index (κ1) is 19.2. The quantitative estimate of drug-likeness (QED) is 0.490. The molecular formula is C22H19BrClNO3. The van der Waals surface area contributed by atoms with Crippen LogP contribution in [-0.4, -0.2) is 17.4 Å². The van der Waals surface area contributed by atoms with E-state index in [0.717, 1.165) is 28.4 Å². The maximum absolute atomic E-state index is 13.4. The molecule has 2 aromatic carbocycles. The van der Waals surface area contributed by atoms with E-state index in [1.165, 1.54) is 0 Å². The molecule has 1 aromatic heterocycles. The van der Waals surface area contributed by atoms with E-state index in [0.29, 0.717) is 28.1 Å². The monoisotopic (exact) mass is 459 g/mol. The van der Waals surface area contributed by atoms with E-state index in [2.05, 4.69) is 22.9 Å². The zero-order valence-corrected chi connectivity index (χ0v) is 17.9. The number of rotatable bonds is 4. The first-order valence-electron chi connectivity index (χ1n) is 9.25. The van der Waals surface area contributed by atoms with Gasteiger partial charge in [-0.3, -0.25) is 9.59 Å². The maximum Gasteiger partial charge on any atom is 0.290 e. The van der Waals surface area contributed by atoms with Gasteiger partial charge in [0.15, 0.2) is 5.43 Å². The Morgan fingerprint density at radius 1 is 1.21 bits per heavy atom. The molecule has 1 unspecified atom stereocenters. The fourth-order valence-electron chi connectivity index (χ4n) is 3.72. The van der Waals surface area contributed by atoms with Crippen molar-refractivity contribution in [3.63, 3.8) is 0 Å². The van der Waals surface area contributed by atoms with Crippen molar-refractivity contribution in [2.75, 3.05) is 6.54 Å². The first-order chi connectivity index (χ1) is 13.4. The van der Waals surface area contributed by atoms with Crippen LogP contribution in [0, 0.1) is 6.92 Å². The molecule has 4 rings (SSSR count). The van der Waals surface area contributed by atoms with Crippen molar-refractivity contribution in [3.8, 4) is 0 Å². The Kier molecular flexibility index (Phi) is 5.06. The molecule has 0 radical (unpaired) electrons. The van der Waals surface area contributed by atoms with Crippen molar-refractivity contribution in [2.24, 2.45) is 0 Å². The topological polar surface area (TPSA) is 50.5 Å². The number of benzene rings is 2. The van der Waals surface area contributed by atoms with Crippen LogP contribution in [0.25, 0.3) is 11.0 Å². The largest absolute Gasteiger partial charge is 0.450 e. The van der Waals surface area contributed by atoms with Crippen LogP contribution in [0.15, 0.2) is 50.1 Å². The molecule has 2 heterocycles. The first-order valence-corrected chi connectivity index (χ1v) is 10.4. The predicted octanol–water partition coefficient (Wildman–Crippen LogP) is 5.86. The maximum atomic E-state index is 13.4. The lowest BCUT2D eigenvalue weighted by atomic mass is 9.98. The summed E-state index contributed by atoms with van der Waals surface area (Å²) in [4.78, 5) is 28.3. The summed E-state index contributed by atoms with van der Waals surface area (Å²) >= 11 is 9.74. The highest BCUT2D eigenvalue weighted by Gasteiger charge is 2.42. The Labute approximate surface area is 176 Å². The minimum atomic E-state index is -0.465. The van der Waals surface area contributed by atoms with Crippen LogP contribution in [-0.2, 0) is 0 Å². The summed E-state index contributed by atoms with van der Waals surface area (Å²) in [5, 5.41) is 0.908. The predicted molar refractivity (Wildman–Crippen MR) is 114 cm³/mol. The van der Waals surface area contributed by atoms with E-state index in [4.69, 9.17) is 16.0 Å². The van der Waals surface area contributed by atoms with Crippen LogP contribution in [0.1, 0.15) is 53.1 Å². The van der Waals surface area contributed by atoms with E-state index < -0.39 is 6.04 Å². The third-order valence-electron chi connectivity index (χ3n) is 5.16. The molecule has 1 atom stereocenters. The number of nitrogens with zero attached hydrogens (tertiary/aromatic N) is 1. The second kappa shape index (κ2) is 7.37. The SMILES string of the molecule is CCCCN1C(=O)c2oc3cc(C)c(Cl)cc3c(=O)c2C1c1cccc(Br)c1. The van der Waals surface area contributed by atoms with E-state index in [9.17, 15) is 9.59 Å². The van der Waals surface area contributed by atoms with Gasteiger partial charge in [0, 0.05) is 16.0 Å². The third kappa shape index (κ3) is 3.07. The summed E-state index contributed by atoms with van der Waals surface area (Å²) in [6.45, 7) is 4.48. The van der Waals surface area contributed by atoms with Crippen molar-refractivity contribution in [3.05, 3.63) is 78.6 Å². The number of hydrogen-bond donors (Lipinski definition) is 0. The minimum Gasteiger partial charge on any atom is -0.450 e. The Hall–Kier alpha value is -2.11. The standard InChI is InChI=1S/C22H19BrClNO3/c1-3-4-8-25-19(13-6-5-7-14(23)10-13)18-20(26)15-11-16(24)12(2)9-17(15)28-21(18)22(25)27/h5-7,9-11,19H,3-4,8H2,1-2H3.